The van der Waals surface area contributed by atoms with Crippen molar-refractivity contribution >= 4 is 23.1 Å². The number of benzene rings is 1. The third-order valence-corrected chi connectivity index (χ3v) is 2.70. The standard InChI is InChI=1S/C11H12FN5OS/c1-18-11(19)14-5-7-6-17(16-15-7)8-2-3-10(13)9(12)4-8/h2-4,6H,5,13H2,1H3,(H,14,19). The van der Waals surface area contributed by atoms with Crippen molar-refractivity contribution < 1.29 is 9.13 Å². The highest BCUT2D eigenvalue weighted by molar-refractivity contribution is 7.80. The average molecular weight is 281 g/mol. The van der Waals surface area contributed by atoms with E-state index in [1.807, 2.05) is 0 Å². The number of methoxy groups -OCH3 is 1. The van der Waals surface area contributed by atoms with Crippen molar-refractivity contribution in [3.05, 3.63) is 35.9 Å². The summed E-state index contributed by atoms with van der Waals surface area (Å²) >= 11 is 4.83. The smallest absolute Gasteiger partial charge is 0.256 e. The first-order valence-corrected chi connectivity index (χ1v) is 5.79. The van der Waals surface area contributed by atoms with E-state index in [1.165, 1.54) is 23.9 Å². The predicted octanol–water partition coefficient (Wildman–Crippen LogP) is 1.01. The van der Waals surface area contributed by atoms with E-state index in [4.69, 9.17) is 22.7 Å². The van der Waals surface area contributed by atoms with Crippen LogP contribution in [0.25, 0.3) is 5.69 Å². The molecule has 1 aromatic carbocycles. The number of hydrogen-bond donors (Lipinski definition) is 2. The maximum absolute atomic E-state index is 13.3. The van der Waals surface area contributed by atoms with Gasteiger partial charge >= 0.3 is 0 Å². The molecule has 2 rings (SSSR count). The lowest BCUT2D eigenvalue weighted by atomic mass is 10.3. The Hall–Kier alpha value is -2.22. The molecule has 0 amide bonds. The Bertz CT molecular complexity index is 601. The molecule has 8 heteroatoms. The first kappa shape index (κ1) is 13.2. The zero-order chi connectivity index (χ0) is 13.8. The van der Waals surface area contributed by atoms with Crippen LogP contribution in [-0.2, 0) is 11.3 Å². The SMILES string of the molecule is COC(=S)NCc1cn(-c2ccc(N)c(F)c2)nn1. The van der Waals surface area contributed by atoms with E-state index in [-0.39, 0.29) is 10.9 Å². The number of nitrogen functional groups attached to an aromatic ring is 1. The molecule has 0 aliphatic carbocycles. The van der Waals surface area contributed by atoms with Gasteiger partial charge in [-0.25, -0.2) is 9.07 Å². The normalized spacial score (nSPS) is 10.2. The van der Waals surface area contributed by atoms with Gasteiger partial charge in [-0.15, -0.1) is 5.10 Å². The van der Waals surface area contributed by atoms with E-state index < -0.39 is 5.82 Å². The Morgan fingerprint density at radius 1 is 1.58 bits per heavy atom. The molecule has 0 bridgehead atoms. The second kappa shape index (κ2) is 5.61. The number of rotatable bonds is 3. The molecule has 19 heavy (non-hydrogen) atoms. The molecule has 0 fully saturated rings. The van der Waals surface area contributed by atoms with Gasteiger partial charge < -0.3 is 15.8 Å². The fourth-order valence-corrected chi connectivity index (χ4v) is 1.47. The second-order valence-corrected chi connectivity index (χ2v) is 4.08. The van der Waals surface area contributed by atoms with Crippen LogP contribution in [0.1, 0.15) is 5.69 Å². The lowest BCUT2D eigenvalue weighted by Gasteiger charge is -2.03. The van der Waals surface area contributed by atoms with Gasteiger partial charge in [0, 0.05) is 6.07 Å². The van der Waals surface area contributed by atoms with Crippen molar-refractivity contribution in [2.24, 2.45) is 0 Å². The minimum Gasteiger partial charge on any atom is -0.474 e. The Kier molecular flexibility index (Phi) is 3.91. The molecule has 0 spiro atoms. The van der Waals surface area contributed by atoms with Crippen LogP contribution in [0.15, 0.2) is 24.4 Å². The van der Waals surface area contributed by atoms with Crippen molar-refractivity contribution in [3.63, 3.8) is 0 Å². The van der Waals surface area contributed by atoms with Gasteiger partial charge in [0.25, 0.3) is 5.17 Å². The number of anilines is 1. The number of nitrogens with zero attached hydrogens (tertiary/aromatic N) is 3. The lowest BCUT2D eigenvalue weighted by Crippen LogP contribution is -2.22. The highest BCUT2D eigenvalue weighted by Crippen LogP contribution is 2.14. The molecule has 1 heterocycles. The minimum absolute atomic E-state index is 0.0937. The van der Waals surface area contributed by atoms with E-state index in [2.05, 4.69) is 15.6 Å². The van der Waals surface area contributed by atoms with Gasteiger partial charge in [-0.05, 0) is 24.4 Å². The van der Waals surface area contributed by atoms with Gasteiger partial charge in [0.15, 0.2) is 0 Å². The quantitative estimate of drug-likeness (QED) is 0.646. The maximum Gasteiger partial charge on any atom is 0.256 e. The van der Waals surface area contributed by atoms with Gasteiger partial charge in [-0.2, -0.15) is 0 Å². The molecule has 0 aliphatic rings. The van der Waals surface area contributed by atoms with Crippen LogP contribution in [-0.4, -0.2) is 27.3 Å². The molecule has 0 atom stereocenters. The molecular weight excluding hydrogens is 269 g/mol. The second-order valence-electron chi connectivity index (χ2n) is 3.71. The van der Waals surface area contributed by atoms with Crippen LogP contribution in [0.4, 0.5) is 10.1 Å². The van der Waals surface area contributed by atoms with Gasteiger partial charge in [0.2, 0.25) is 0 Å². The average Bonchev–Trinajstić information content (AvgIpc) is 2.88. The number of aromatic nitrogens is 3. The number of nitrogens with one attached hydrogen (secondary N) is 1. The van der Waals surface area contributed by atoms with Crippen molar-refractivity contribution in [2.45, 2.75) is 6.54 Å². The zero-order valence-corrected chi connectivity index (χ0v) is 10.9. The molecule has 0 saturated heterocycles. The first-order valence-electron chi connectivity index (χ1n) is 5.38. The third kappa shape index (κ3) is 3.16. The molecule has 0 unspecified atom stereocenters. The Labute approximate surface area is 114 Å². The van der Waals surface area contributed by atoms with Crippen LogP contribution in [0, 0.1) is 5.82 Å². The minimum atomic E-state index is -0.492. The third-order valence-electron chi connectivity index (χ3n) is 2.39. The molecule has 0 radical (unpaired) electrons. The molecule has 2 aromatic rings. The first-order chi connectivity index (χ1) is 9.10. The summed E-state index contributed by atoms with van der Waals surface area (Å²) in [4.78, 5) is 0. The van der Waals surface area contributed by atoms with Crippen molar-refractivity contribution in [1.82, 2.24) is 20.3 Å². The fraction of sp³-hybridized carbons (Fsp3) is 0.182. The highest BCUT2D eigenvalue weighted by atomic mass is 32.1. The highest BCUT2D eigenvalue weighted by Gasteiger charge is 2.06. The van der Waals surface area contributed by atoms with Gasteiger partial charge in [-0.3, -0.25) is 0 Å². The Morgan fingerprint density at radius 3 is 3.05 bits per heavy atom. The van der Waals surface area contributed by atoms with E-state index in [0.29, 0.717) is 17.9 Å². The van der Waals surface area contributed by atoms with E-state index in [0.717, 1.165) is 0 Å². The molecule has 6 nitrogen and oxygen atoms in total. The fourth-order valence-electron chi connectivity index (χ4n) is 1.40. The van der Waals surface area contributed by atoms with Crippen molar-refractivity contribution in [1.29, 1.82) is 0 Å². The number of hydrogen-bond acceptors (Lipinski definition) is 5. The van der Waals surface area contributed by atoms with Gasteiger partial charge in [-0.1, -0.05) is 5.21 Å². The number of nitrogens with two attached hydrogens (primary N) is 1. The molecule has 100 valence electrons. The summed E-state index contributed by atoms with van der Waals surface area (Å²) in [7, 11) is 1.48. The van der Waals surface area contributed by atoms with Crippen LogP contribution in [0.5, 0.6) is 0 Å². The largest absolute Gasteiger partial charge is 0.474 e. The zero-order valence-electron chi connectivity index (χ0n) is 10.1. The summed E-state index contributed by atoms with van der Waals surface area (Å²) in [6, 6.07) is 4.43. The summed E-state index contributed by atoms with van der Waals surface area (Å²) in [5.74, 6) is -0.492. The predicted molar refractivity (Wildman–Crippen MR) is 72.2 cm³/mol. The molecule has 0 aliphatic heterocycles. The number of halogens is 1. The maximum atomic E-state index is 13.3. The molecule has 3 N–H and O–H groups in total. The van der Waals surface area contributed by atoms with Crippen molar-refractivity contribution in [2.75, 3.05) is 12.8 Å². The van der Waals surface area contributed by atoms with Crippen LogP contribution >= 0.6 is 12.2 Å². The molecular formula is C11H12FN5OS. The van der Waals surface area contributed by atoms with E-state index in [1.54, 1.807) is 12.3 Å². The Morgan fingerprint density at radius 2 is 2.37 bits per heavy atom. The number of thiocarbonyl (C=S) groups is 1. The van der Waals surface area contributed by atoms with Gasteiger partial charge in [0.1, 0.15) is 11.5 Å². The van der Waals surface area contributed by atoms with Crippen LogP contribution in [0.2, 0.25) is 0 Å². The molecule has 0 saturated carbocycles. The van der Waals surface area contributed by atoms with Gasteiger partial charge in [0.05, 0.1) is 31.2 Å². The Balaban J connectivity index is 2.12. The summed E-state index contributed by atoms with van der Waals surface area (Å²) < 4.78 is 19.6. The van der Waals surface area contributed by atoms with Crippen molar-refractivity contribution in [3.8, 4) is 5.69 Å². The summed E-state index contributed by atoms with van der Waals surface area (Å²) in [5, 5.41) is 10.9. The van der Waals surface area contributed by atoms with Crippen LogP contribution < -0.4 is 11.1 Å². The summed E-state index contributed by atoms with van der Waals surface area (Å²) in [6.45, 7) is 0.379. The number of ether oxygens (including phenoxy) is 1. The summed E-state index contributed by atoms with van der Waals surface area (Å²) in [6.07, 6.45) is 1.66. The van der Waals surface area contributed by atoms with E-state index >= 15 is 0 Å². The van der Waals surface area contributed by atoms with Crippen LogP contribution in [0.3, 0.4) is 0 Å². The monoisotopic (exact) mass is 281 g/mol. The van der Waals surface area contributed by atoms with E-state index in [9.17, 15) is 4.39 Å². The topological polar surface area (TPSA) is 78.0 Å². The lowest BCUT2D eigenvalue weighted by molar-refractivity contribution is 0.392. The molecule has 1 aromatic heterocycles. The summed E-state index contributed by atoms with van der Waals surface area (Å²) in [5.41, 5.74) is 6.69.